The summed E-state index contributed by atoms with van der Waals surface area (Å²) in [5.41, 5.74) is 6.58. The van der Waals surface area contributed by atoms with E-state index in [4.69, 9.17) is 19.4 Å². The topological polar surface area (TPSA) is 104 Å². The van der Waals surface area contributed by atoms with Gasteiger partial charge in [0.1, 0.15) is 16.9 Å². The van der Waals surface area contributed by atoms with Gasteiger partial charge in [-0.2, -0.15) is 0 Å². The molecule has 236 valence electrons. The molecular weight excluding hydrogens is 580 g/mol. The van der Waals surface area contributed by atoms with E-state index in [0.717, 1.165) is 64.4 Å². The van der Waals surface area contributed by atoms with E-state index in [0.29, 0.717) is 40.8 Å². The van der Waals surface area contributed by atoms with Gasteiger partial charge < -0.3 is 23.5 Å². The second-order valence-corrected chi connectivity index (χ2v) is 13.1. The zero-order valence-corrected chi connectivity index (χ0v) is 26.6. The Morgan fingerprint density at radius 3 is 2.46 bits per heavy atom. The lowest BCUT2D eigenvalue weighted by Crippen LogP contribution is -2.38. The molecule has 3 aromatic heterocycles. The van der Waals surface area contributed by atoms with Crippen molar-refractivity contribution in [1.29, 1.82) is 0 Å². The van der Waals surface area contributed by atoms with Gasteiger partial charge in [-0.15, -0.1) is 0 Å². The van der Waals surface area contributed by atoms with Crippen LogP contribution in [0.3, 0.4) is 0 Å². The first-order valence-corrected chi connectivity index (χ1v) is 16.1. The number of likely N-dealkylation sites (tertiary alicyclic amines) is 1. The van der Waals surface area contributed by atoms with Crippen LogP contribution in [0.2, 0.25) is 0 Å². The normalized spacial score (nSPS) is 20.5. The van der Waals surface area contributed by atoms with Crippen molar-refractivity contribution >= 4 is 39.8 Å². The molecule has 5 aromatic rings. The fraction of sp³-hybridized carbons (Fsp3) is 0.389. The Balaban J connectivity index is 1.19. The van der Waals surface area contributed by atoms with Gasteiger partial charge in [-0.1, -0.05) is 19.1 Å². The molecule has 3 aliphatic rings. The molecule has 8 rings (SSSR count). The van der Waals surface area contributed by atoms with E-state index < -0.39 is 6.09 Å². The van der Waals surface area contributed by atoms with Crippen molar-refractivity contribution in [1.82, 2.24) is 24.0 Å². The second-order valence-electron chi connectivity index (χ2n) is 13.1. The number of amides is 2. The van der Waals surface area contributed by atoms with Gasteiger partial charge in [-0.25, -0.2) is 14.8 Å². The number of anilines is 1. The van der Waals surface area contributed by atoms with Gasteiger partial charge in [0.05, 0.1) is 31.1 Å². The summed E-state index contributed by atoms with van der Waals surface area (Å²) in [5.74, 6) is 3.29. The van der Waals surface area contributed by atoms with Gasteiger partial charge in [0, 0.05) is 48.4 Å². The highest BCUT2D eigenvalue weighted by molar-refractivity contribution is 6.00. The largest absolute Gasteiger partial charge is 0.494 e. The number of carbonyl (C=O) groups is 2. The van der Waals surface area contributed by atoms with E-state index in [-0.39, 0.29) is 5.91 Å². The fourth-order valence-electron chi connectivity index (χ4n) is 7.64. The Hall–Kier alpha value is -4.86. The average molecular weight is 619 g/mol. The molecule has 2 saturated carbocycles. The minimum absolute atomic E-state index is 0.0696. The molecule has 1 N–H and O–H groups in total. The summed E-state index contributed by atoms with van der Waals surface area (Å²) in [7, 11) is 5.01. The number of nitrogens with one attached hydrogen (secondary N) is 1. The monoisotopic (exact) mass is 618 g/mol. The van der Waals surface area contributed by atoms with Gasteiger partial charge in [0.15, 0.2) is 5.82 Å². The number of rotatable bonds is 7. The number of carbonyl (C=O) groups excluding carboxylic acids is 2. The van der Waals surface area contributed by atoms with Crippen molar-refractivity contribution in [3.05, 3.63) is 60.2 Å². The first-order valence-electron chi connectivity index (χ1n) is 16.1. The van der Waals surface area contributed by atoms with Crippen LogP contribution >= 0.6 is 0 Å². The lowest BCUT2D eigenvalue weighted by Gasteiger charge is -2.27. The van der Waals surface area contributed by atoms with Gasteiger partial charge in [-0.3, -0.25) is 10.1 Å². The molecule has 2 bridgehead atoms. The zero-order chi connectivity index (χ0) is 31.7. The fourth-order valence-corrected chi connectivity index (χ4v) is 7.64. The zero-order valence-electron chi connectivity index (χ0n) is 26.6. The summed E-state index contributed by atoms with van der Waals surface area (Å²) in [4.78, 5) is 37.8. The minimum atomic E-state index is -0.506. The molecule has 2 aliphatic carbocycles. The number of methoxy groups -OCH3 is 2. The van der Waals surface area contributed by atoms with E-state index in [1.807, 2.05) is 49.5 Å². The maximum absolute atomic E-state index is 13.8. The molecule has 3 atom stereocenters. The third kappa shape index (κ3) is 4.69. The number of ether oxygens (including phenoxy) is 2. The molecule has 2 amide bonds. The molecule has 10 heteroatoms. The lowest BCUT2D eigenvalue weighted by atomic mass is 10.0. The van der Waals surface area contributed by atoms with Crippen LogP contribution in [0.15, 0.2) is 54.6 Å². The molecule has 1 saturated heterocycles. The number of aromatic nitrogens is 4. The van der Waals surface area contributed by atoms with Crippen molar-refractivity contribution in [2.45, 2.75) is 45.2 Å². The van der Waals surface area contributed by atoms with Crippen molar-refractivity contribution in [3.8, 4) is 28.5 Å². The van der Waals surface area contributed by atoms with Crippen LogP contribution < -0.4 is 10.1 Å². The van der Waals surface area contributed by atoms with E-state index in [9.17, 15) is 9.59 Å². The molecule has 46 heavy (non-hydrogen) atoms. The number of aryl methyl sites for hydroxylation is 1. The molecular formula is C36H38N6O4. The molecule has 4 heterocycles. The Labute approximate surface area is 267 Å². The van der Waals surface area contributed by atoms with Crippen LogP contribution in [-0.4, -0.2) is 62.8 Å². The van der Waals surface area contributed by atoms with Gasteiger partial charge in [-0.05, 0) is 85.9 Å². The number of piperidine rings is 1. The van der Waals surface area contributed by atoms with Crippen molar-refractivity contribution in [3.63, 3.8) is 0 Å². The summed E-state index contributed by atoms with van der Waals surface area (Å²) >= 11 is 0. The maximum atomic E-state index is 13.8. The number of hydrogen-bond acceptors (Lipinski definition) is 6. The van der Waals surface area contributed by atoms with Crippen LogP contribution in [0.1, 0.15) is 43.0 Å². The summed E-state index contributed by atoms with van der Waals surface area (Å²) in [6.07, 6.45) is 4.20. The lowest BCUT2D eigenvalue weighted by molar-refractivity contribution is 0.0696. The van der Waals surface area contributed by atoms with Crippen LogP contribution in [-0.2, 0) is 18.3 Å². The Morgan fingerprint density at radius 2 is 1.78 bits per heavy atom. The summed E-state index contributed by atoms with van der Waals surface area (Å²) in [5, 5.41) is 3.73. The molecule has 2 unspecified atom stereocenters. The maximum Gasteiger partial charge on any atom is 0.411 e. The smallest absolute Gasteiger partial charge is 0.411 e. The third-order valence-electron chi connectivity index (χ3n) is 10.4. The molecule has 0 spiro atoms. The van der Waals surface area contributed by atoms with Gasteiger partial charge in [0.2, 0.25) is 0 Å². The van der Waals surface area contributed by atoms with Crippen molar-refractivity contribution in [2.24, 2.45) is 24.8 Å². The average Bonchev–Trinajstić information content (AvgIpc) is 3.48. The predicted octanol–water partition coefficient (Wildman–Crippen LogP) is 6.72. The standard InChI is InChI=1S/C36H38N6O4/c1-20-24-10-14-29(20)42(19-24)35(43)25-15-28-32(31(17-25)45-3)40(2)34(39-28)30-16-23-9-13-27(38-33(23)41(30)18-21-5-6-21)22-7-11-26(12-8-22)37-36(44)46-4/h7-9,11-13,15-17,20-21,24,29H,5-6,10,14,18-19H2,1-4H3,(H,37,44)/t20-,24?,29?/m1/s1. The molecule has 10 nitrogen and oxygen atoms in total. The molecule has 3 fully saturated rings. The number of hydrogen-bond donors (Lipinski definition) is 1. The van der Waals surface area contributed by atoms with Crippen molar-refractivity contribution < 1.29 is 19.1 Å². The number of pyridine rings is 1. The summed E-state index contributed by atoms with van der Waals surface area (Å²) in [6.45, 7) is 3.98. The van der Waals surface area contributed by atoms with E-state index in [2.05, 4.69) is 38.4 Å². The third-order valence-corrected chi connectivity index (χ3v) is 10.4. The van der Waals surface area contributed by atoms with E-state index >= 15 is 0 Å². The Morgan fingerprint density at radius 1 is 0.978 bits per heavy atom. The second kappa shape index (κ2) is 10.9. The van der Waals surface area contributed by atoms with Crippen LogP contribution in [0.25, 0.3) is 44.8 Å². The first-order chi connectivity index (χ1) is 22.3. The van der Waals surface area contributed by atoms with Gasteiger partial charge >= 0.3 is 6.09 Å². The predicted molar refractivity (Wildman–Crippen MR) is 177 cm³/mol. The highest BCUT2D eigenvalue weighted by atomic mass is 16.5. The molecule has 2 aromatic carbocycles. The first kappa shape index (κ1) is 28.6. The SMILES string of the molecule is COC(=O)Nc1ccc(-c2ccc3cc(-c4nc5cc(C(=O)N6CC7CCC6[C@@H]7C)cc(OC)c5n4C)n(CC4CC4)c3n2)cc1. The van der Waals surface area contributed by atoms with Crippen LogP contribution in [0, 0.1) is 17.8 Å². The number of benzene rings is 2. The summed E-state index contributed by atoms with van der Waals surface area (Å²) in [6, 6.07) is 18.0. The Kier molecular flexibility index (Phi) is 6.77. The highest BCUT2D eigenvalue weighted by Crippen LogP contribution is 2.44. The summed E-state index contributed by atoms with van der Waals surface area (Å²) < 4.78 is 15.0. The quantitative estimate of drug-likeness (QED) is 0.217. The Bertz CT molecular complexity index is 2010. The van der Waals surface area contributed by atoms with Crippen LogP contribution in [0.5, 0.6) is 5.75 Å². The minimum Gasteiger partial charge on any atom is -0.494 e. The highest BCUT2D eigenvalue weighted by Gasteiger charge is 2.46. The van der Waals surface area contributed by atoms with E-state index in [1.165, 1.54) is 26.4 Å². The van der Waals surface area contributed by atoms with E-state index in [1.54, 1.807) is 7.11 Å². The van der Waals surface area contributed by atoms with Gasteiger partial charge in [0.25, 0.3) is 5.91 Å². The molecule has 0 radical (unpaired) electrons. The number of nitrogens with zero attached hydrogens (tertiary/aromatic N) is 5. The number of fused-ring (bicyclic) bond motifs is 4. The van der Waals surface area contributed by atoms with Crippen molar-refractivity contribution in [2.75, 3.05) is 26.1 Å². The molecule has 1 aliphatic heterocycles. The number of imidazole rings is 1. The van der Waals surface area contributed by atoms with Crippen LogP contribution in [0.4, 0.5) is 10.5 Å².